The normalized spacial score (nSPS) is 10.7. The maximum absolute atomic E-state index is 11.4. The molecule has 0 radical (unpaired) electrons. The highest BCUT2D eigenvalue weighted by atomic mass is 32.1. The predicted molar refractivity (Wildman–Crippen MR) is 59.6 cm³/mol. The molecule has 0 aliphatic carbocycles. The van der Waals surface area contributed by atoms with Crippen molar-refractivity contribution in [1.82, 2.24) is 14.9 Å². The maximum atomic E-state index is 11.4. The smallest absolute Gasteiger partial charge is 0.356 e. The van der Waals surface area contributed by atoms with Crippen LogP contribution in [0, 0.1) is 4.77 Å². The topological polar surface area (TPSA) is 61.1 Å². The standard InChI is InChI=1S/C9H15N3O2S/c1-12(2)5-4-6-7(8(13)14-3)11-9(15)10-6/h4-5H2,1-3H3,(H2,10,11,15). The van der Waals surface area contributed by atoms with E-state index in [1.165, 1.54) is 7.11 Å². The number of imidazole rings is 1. The average molecular weight is 229 g/mol. The van der Waals surface area contributed by atoms with Gasteiger partial charge in [0.25, 0.3) is 0 Å². The summed E-state index contributed by atoms with van der Waals surface area (Å²) in [5.41, 5.74) is 1.21. The Hall–Kier alpha value is -1.14. The van der Waals surface area contributed by atoms with Gasteiger partial charge < -0.3 is 19.6 Å². The summed E-state index contributed by atoms with van der Waals surface area (Å²) in [6.45, 7) is 0.840. The lowest BCUT2D eigenvalue weighted by Crippen LogP contribution is -2.17. The molecule has 1 aromatic rings. The Morgan fingerprint density at radius 2 is 2.13 bits per heavy atom. The van der Waals surface area contributed by atoms with Gasteiger partial charge in [0.1, 0.15) is 5.69 Å². The fourth-order valence-electron chi connectivity index (χ4n) is 1.22. The van der Waals surface area contributed by atoms with Gasteiger partial charge in [-0.25, -0.2) is 4.79 Å². The molecule has 0 amide bonds. The van der Waals surface area contributed by atoms with Gasteiger partial charge in [-0.15, -0.1) is 0 Å². The Balaban J connectivity index is 2.86. The first kappa shape index (κ1) is 11.9. The molecule has 5 nitrogen and oxygen atoms in total. The molecule has 0 fully saturated rings. The van der Waals surface area contributed by atoms with E-state index in [0.717, 1.165) is 18.7 Å². The molecule has 6 heteroatoms. The van der Waals surface area contributed by atoms with E-state index in [9.17, 15) is 4.79 Å². The van der Waals surface area contributed by atoms with E-state index in [1.807, 2.05) is 19.0 Å². The Morgan fingerprint density at radius 1 is 1.47 bits per heavy atom. The molecule has 0 saturated carbocycles. The zero-order chi connectivity index (χ0) is 11.4. The number of carbonyl (C=O) groups is 1. The Bertz CT molecular complexity index is 394. The van der Waals surface area contributed by atoms with Crippen molar-refractivity contribution in [3.8, 4) is 0 Å². The fourth-order valence-corrected chi connectivity index (χ4v) is 1.44. The van der Waals surface area contributed by atoms with Gasteiger partial charge in [0.05, 0.1) is 7.11 Å². The number of ether oxygens (including phenoxy) is 1. The number of hydrogen-bond acceptors (Lipinski definition) is 4. The highest BCUT2D eigenvalue weighted by molar-refractivity contribution is 7.71. The van der Waals surface area contributed by atoms with E-state index in [2.05, 4.69) is 14.7 Å². The second-order valence-corrected chi connectivity index (χ2v) is 3.89. The number of nitrogens with one attached hydrogen (secondary N) is 2. The molecule has 0 aliphatic rings. The van der Waals surface area contributed by atoms with Gasteiger partial charge in [0, 0.05) is 18.7 Å². The van der Waals surface area contributed by atoms with E-state index >= 15 is 0 Å². The summed E-state index contributed by atoms with van der Waals surface area (Å²) in [4.78, 5) is 19.1. The third-order valence-electron chi connectivity index (χ3n) is 2.00. The lowest BCUT2D eigenvalue weighted by molar-refractivity contribution is 0.0593. The lowest BCUT2D eigenvalue weighted by Gasteiger charge is -2.08. The summed E-state index contributed by atoms with van der Waals surface area (Å²) in [6, 6.07) is 0. The Labute approximate surface area is 93.4 Å². The number of hydrogen-bond donors (Lipinski definition) is 2. The van der Waals surface area contributed by atoms with Crippen molar-refractivity contribution in [3.05, 3.63) is 16.2 Å². The first-order chi connectivity index (χ1) is 7.04. The number of rotatable bonds is 4. The number of carbonyl (C=O) groups excluding carboxylic acids is 1. The van der Waals surface area contributed by atoms with Crippen molar-refractivity contribution < 1.29 is 9.53 Å². The molecular formula is C9H15N3O2S. The summed E-state index contributed by atoms with van der Waals surface area (Å²) in [7, 11) is 5.29. The van der Waals surface area contributed by atoms with Crippen LogP contribution in [-0.4, -0.2) is 48.6 Å². The molecule has 0 bridgehead atoms. The predicted octanol–water partition coefficient (Wildman–Crippen LogP) is 0.963. The van der Waals surface area contributed by atoms with Gasteiger partial charge in [0.15, 0.2) is 4.77 Å². The number of aromatic amines is 2. The van der Waals surface area contributed by atoms with Crippen LogP contribution in [0.5, 0.6) is 0 Å². The van der Waals surface area contributed by atoms with Crippen LogP contribution in [0.1, 0.15) is 16.2 Å². The molecule has 0 saturated heterocycles. The fraction of sp³-hybridized carbons (Fsp3) is 0.556. The van der Waals surface area contributed by atoms with Crippen LogP contribution in [0.25, 0.3) is 0 Å². The van der Waals surface area contributed by atoms with Crippen LogP contribution in [-0.2, 0) is 11.2 Å². The van der Waals surface area contributed by atoms with Crippen LogP contribution in [0.3, 0.4) is 0 Å². The molecular weight excluding hydrogens is 214 g/mol. The first-order valence-electron chi connectivity index (χ1n) is 4.58. The van der Waals surface area contributed by atoms with Gasteiger partial charge in [-0.3, -0.25) is 0 Å². The van der Waals surface area contributed by atoms with E-state index in [1.54, 1.807) is 0 Å². The molecule has 0 unspecified atom stereocenters. The molecule has 15 heavy (non-hydrogen) atoms. The molecule has 84 valence electrons. The van der Waals surface area contributed by atoms with E-state index < -0.39 is 5.97 Å². The third kappa shape index (κ3) is 3.17. The van der Waals surface area contributed by atoms with Crippen LogP contribution >= 0.6 is 12.2 Å². The number of nitrogens with zero attached hydrogens (tertiary/aromatic N) is 1. The molecule has 1 aromatic heterocycles. The highest BCUT2D eigenvalue weighted by Crippen LogP contribution is 2.06. The van der Waals surface area contributed by atoms with Crippen LogP contribution in [0.4, 0.5) is 0 Å². The van der Waals surface area contributed by atoms with Crippen LogP contribution in [0.2, 0.25) is 0 Å². The first-order valence-corrected chi connectivity index (χ1v) is 4.99. The summed E-state index contributed by atoms with van der Waals surface area (Å²) in [5, 5.41) is 0. The van der Waals surface area contributed by atoms with Gasteiger partial charge >= 0.3 is 5.97 Å². The highest BCUT2D eigenvalue weighted by Gasteiger charge is 2.14. The average Bonchev–Trinajstić information content (AvgIpc) is 2.55. The number of methoxy groups -OCH3 is 1. The molecule has 2 N–H and O–H groups in total. The summed E-state index contributed by atoms with van der Waals surface area (Å²) in [5.74, 6) is -0.392. The maximum Gasteiger partial charge on any atom is 0.356 e. The summed E-state index contributed by atoms with van der Waals surface area (Å²) < 4.78 is 5.10. The summed E-state index contributed by atoms with van der Waals surface area (Å²) >= 11 is 4.93. The van der Waals surface area contributed by atoms with Gasteiger partial charge in [0.2, 0.25) is 0 Å². The minimum Gasteiger partial charge on any atom is -0.464 e. The summed E-state index contributed by atoms with van der Waals surface area (Å²) in [6.07, 6.45) is 0.727. The molecule has 0 aromatic carbocycles. The third-order valence-corrected chi connectivity index (χ3v) is 2.21. The monoisotopic (exact) mass is 229 g/mol. The second-order valence-electron chi connectivity index (χ2n) is 3.48. The van der Waals surface area contributed by atoms with Crippen LogP contribution in [0.15, 0.2) is 0 Å². The van der Waals surface area contributed by atoms with Gasteiger partial charge in [-0.05, 0) is 26.3 Å². The molecule has 0 spiro atoms. The van der Waals surface area contributed by atoms with Gasteiger partial charge in [-0.1, -0.05) is 0 Å². The van der Waals surface area contributed by atoms with E-state index in [4.69, 9.17) is 12.2 Å². The lowest BCUT2D eigenvalue weighted by atomic mass is 10.2. The Kier molecular flexibility index (Phi) is 4.05. The number of aromatic nitrogens is 2. The van der Waals surface area contributed by atoms with Gasteiger partial charge in [-0.2, -0.15) is 0 Å². The zero-order valence-electron chi connectivity index (χ0n) is 9.09. The quantitative estimate of drug-likeness (QED) is 0.596. The molecule has 1 heterocycles. The van der Waals surface area contributed by atoms with Crippen LogP contribution < -0.4 is 0 Å². The molecule has 1 rings (SSSR count). The van der Waals surface area contributed by atoms with Crippen molar-refractivity contribution in [1.29, 1.82) is 0 Å². The minimum atomic E-state index is -0.392. The number of likely N-dealkylation sites (N-methyl/N-ethyl adjacent to an activating group) is 1. The van der Waals surface area contributed by atoms with Crippen molar-refractivity contribution in [2.75, 3.05) is 27.7 Å². The van der Waals surface area contributed by atoms with Crippen molar-refractivity contribution in [3.63, 3.8) is 0 Å². The SMILES string of the molecule is COC(=O)c1[nH]c(=S)[nH]c1CCN(C)C. The Morgan fingerprint density at radius 3 is 2.67 bits per heavy atom. The van der Waals surface area contributed by atoms with Crippen molar-refractivity contribution >= 4 is 18.2 Å². The molecule has 0 atom stereocenters. The minimum absolute atomic E-state index is 0.392. The van der Waals surface area contributed by atoms with E-state index in [0.29, 0.717) is 10.5 Å². The second kappa shape index (κ2) is 5.09. The van der Waals surface area contributed by atoms with Crippen molar-refractivity contribution in [2.24, 2.45) is 0 Å². The van der Waals surface area contributed by atoms with Crippen molar-refractivity contribution in [2.45, 2.75) is 6.42 Å². The van der Waals surface area contributed by atoms with E-state index in [-0.39, 0.29) is 0 Å². The zero-order valence-corrected chi connectivity index (χ0v) is 9.90. The number of H-pyrrole nitrogens is 2. The number of esters is 1. The largest absolute Gasteiger partial charge is 0.464 e. The molecule has 0 aliphatic heterocycles.